The van der Waals surface area contributed by atoms with Crippen molar-refractivity contribution in [1.29, 1.82) is 5.26 Å². The van der Waals surface area contributed by atoms with Gasteiger partial charge in [-0.1, -0.05) is 6.58 Å². The summed E-state index contributed by atoms with van der Waals surface area (Å²) >= 11 is 1.02. The van der Waals surface area contributed by atoms with Gasteiger partial charge in [0.1, 0.15) is 11.1 Å². The second kappa shape index (κ2) is 5.88. The van der Waals surface area contributed by atoms with Crippen molar-refractivity contribution >= 4 is 23.6 Å². The van der Waals surface area contributed by atoms with Crippen LogP contribution in [0.3, 0.4) is 0 Å². The molecule has 0 fully saturated rings. The van der Waals surface area contributed by atoms with Crippen molar-refractivity contribution in [2.24, 2.45) is 0 Å². The zero-order chi connectivity index (χ0) is 12.0. The minimum Gasteiger partial charge on any atom is -0.477 e. The molecule has 0 aromatic carbocycles. The molecular weight excluding hydrogens is 216 g/mol. The van der Waals surface area contributed by atoms with Gasteiger partial charge in [-0.05, 0) is 12.3 Å². The fourth-order valence-corrected chi connectivity index (χ4v) is 1.53. The number of rotatable bonds is 4. The van der Waals surface area contributed by atoms with Crippen LogP contribution in [0.1, 0.15) is 0 Å². The lowest BCUT2D eigenvalue weighted by Crippen LogP contribution is -2.24. The van der Waals surface area contributed by atoms with E-state index in [1.54, 1.807) is 12.3 Å². The van der Waals surface area contributed by atoms with E-state index in [1.165, 1.54) is 7.05 Å². The third kappa shape index (κ3) is 3.14. The molecule has 0 aliphatic rings. The summed E-state index contributed by atoms with van der Waals surface area (Å²) in [6, 6.07) is 1.54. The molecule has 6 heteroatoms. The van der Waals surface area contributed by atoms with Crippen LogP contribution in [0, 0.1) is 11.3 Å². The summed E-state index contributed by atoms with van der Waals surface area (Å²) in [7, 11) is 1.39. The Morgan fingerprint density at radius 3 is 2.40 bits per heavy atom. The van der Waals surface area contributed by atoms with Gasteiger partial charge in [0.05, 0.1) is 0 Å². The van der Waals surface area contributed by atoms with Crippen molar-refractivity contribution in [3.05, 3.63) is 23.3 Å². The van der Waals surface area contributed by atoms with Crippen molar-refractivity contribution < 1.29 is 14.7 Å². The zero-order valence-electron chi connectivity index (χ0n) is 8.35. The van der Waals surface area contributed by atoms with E-state index in [9.17, 15) is 9.59 Å². The highest BCUT2D eigenvalue weighted by Crippen LogP contribution is 2.20. The van der Waals surface area contributed by atoms with Gasteiger partial charge in [0.25, 0.3) is 5.91 Å². The second-order valence-electron chi connectivity index (χ2n) is 2.40. The number of carbonyl (C=O) groups is 2. The predicted octanol–water partition coefficient (Wildman–Crippen LogP) is 0.814. The molecule has 80 valence electrons. The Kier molecular flexibility index (Phi) is 5.20. The van der Waals surface area contributed by atoms with Crippen molar-refractivity contribution in [2.45, 2.75) is 0 Å². The molecule has 0 aliphatic heterocycles. The maximum absolute atomic E-state index is 11.2. The molecule has 0 bridgehead atoms. The van der Waals surface area contributed by atoms with Crippen LogP contribution >= 0.6 is 11.8 Å². The first kappa shape index (κ1) is 13.3. The molecule has 0 aromatic heterocycles. The molecule has 0 saturated heterocycles. The number of carboxylic acids is 1. The molecule has 5 nitrogen and oxygen atoms in total. The van der Waals surface area contributed by atoms with Crippen LogP contribution < -0.4 is 0 Å². The molecule has 1 amide bonds. The largest absolute Gasteiger partial charge is 0.477 e. The van der Waals surface area contributed by atoms with Crippen molar-refractivity contribution in [3.8, 4) is 6.07 Å². The van der Waals surface area contributed by atoms with Crippen LogP contribution in [-0.4, -0.2) is 35.2 Å². The number of aliphatic carboxylic acids is 1. The maximum atomic E-state index is 11.2. The summed E-state index contributed by atoms with van der Waals surface area (Å²) in [4.78, 5) is 23.0. The van der Waals surface area contributed by atoms with Crippen LogP contribution in [0.25, 0.3) is 0 Å². The van der Waals surface area contributed by atoms with E-state index < -0.39 is 17.4 Å². The van der Waals surface area contributed by atoms with Gasteiger partial charge in [0, 0.05) is 7.05 Å². The molecule has 0 atom stereocenters. The number of likely N-dealkylation sites (N-methyl/N-ethyl adjacent to an activating group) is 1. The van der Waals surface area contributed by atoms with Crippen molar-refractivity contribution in [2.75, 3.05) is 13.3 Å². The maximum Gasteiger partial charge on any atom is 0.349 e. The van der Waals surface area contributed by atoms with E-state index in [-0.39, 0.29) is 5.03 Å². The van der Waals surface area contributed by atoms with Gasteiger partial charge in [-0.15, -0.1) is 11.8 Å². The third-order valence-corrected chi connectivity index (χ3v) is 2.41. The lowest BCUT2D eigenvalue weighted by molar-refractivity contribution is -0.132. The number of hydrogen-bond donors (Lipinski definition) is 1. The van der Waals surface area contributed by atoms with E-state index in [4.69, 9.17) is 10.4 Å². The van der Waals surface area contributed by atoms with Gasteiger partial charge < -0.3 is 10.0 Å². The van der Waals surface area contributed by atoms with Gasteiger partial charge in [-0.25, -0.2) is 4.79 Å². The summed E-state index contributed by atoms with van der Waals surface area (Å²) in [5.41, 5.74) is -0.458. The van der Waals surface area contributed by atoms with Gasteiger partial charge in [0.2, 0.25) is 0 Å². The standard InChI is InChI=1S/C9H10N2O3S/c1-4-7(12)11(2)8(15-3)6(5-10)9(13)14/h4H,1H2,2-3H3,(H,13,14)/b8-6+. The minimum atomic E-state index is -1.36. The Bertz CT molecular complexity index is 368. The van der Waals surface area contributed by atoms with Gasteiger partial charge >= 0.3 is 5.97 Å². The highest BCUT2D eigenvalue weighted by atomic mass is 32.2. The van der Waals surface area contributed by atoms with E-state index in [0.717, 1.165) is 22.7 Å². The van der Waals surface area contributed by atoms with Crippen LogP contribution in [0.4, 0.5) is 0 Å². The summed E-state index contributed by atoms with van der Waals surface area (Å²) in [6.07, 6.45) is 2.63. The third-order valence-electron chi connectivity index (χ3n) is 1.54. The molecule has 0 saturated carbocycles. The fraction of sp³-hybridized carbons (Fsp3) is 0.222. The van der Waals surface area contributed by atoms with Gasteiger partial charge in [-0.2, -0.15) is 5.26 Å². The monoisotopic (exact) mass is 226 g/mol. The molecule has 1 N–H and O–H groups in total. The number of nitriles is 1. The van der Waals surface area contributed by atoms with E-state index >= 15 is 0 Å². The molecule has 15 heavy (non-hydrogen) atoms. The Morgan fingerprint density at radius 1 is 1.60 bits per heavy atom. The highest BCUT2D eigenvalue weighted by molar-refractivity contribution is 8.02. The Balaban J connectivity index is 5.39. The first-order chi connectivity index (χ1) is 6.99. The lowest BCUT2D eigenvalue weighted by Gasteiger charge is -2.17. The number of nitrogens with zero attached hydrogens (tertiary/aromatic N) is 2. The van der Waals surface area contributed by atoms with Gasteiger partial charge in [-0.3, -0.25) is 4.79 Å². The molecule has 0 aromatic rings. The van der Waals surface area contributed by atoms with Crippen molar-refractivity contribution in [3.63, 3.8) is 0 Å². The number of thioether (sulfide) groups is 1. The van der Waals surface area contributed by atoms with E-state index in [1.807, 2.05) is 0 Å². The number of hydrogen-bond acceptors (Lipinski definition) is 4. The second-order valence-corrected chi connectivity index (χ2v) is 3.20. The Labute approximate surface area is 91.7 Å². The first-order valence-corrected chi connectivity index (χ1v) is 5.03. The molecule has 0 rings (SSSR count). The van der Waals surface area contributed by atoms with Crippen LogP contribution in [0.15, 0.2) is 23.3 Å². The van der Waals surface area contributed by atoms with Gasteiger partial charge in [0.15, 0.2) is 5.57 Å². The molecule has 0 unspecified atom stereocenters. The van der Waals surface area contributed by atoms with E-state index in [0.29, 0.717) is 0 Å². The average molecular weight is 226 g/mol. The lowest BCUT2D eigenvalue weighted by atomic mass is 10.3. The Morgan fingerprint density at radius 2 is 2.13 bits per heavy atom. The summed E-state index contributed by atoms with van der Waals surface area (Å²) in [5.74, 6) is -1.82. The predicted molar refractivity (Wildman–Crippen MR) is 56.8 cm³/mol. The normalized spacial score (nSPS) is 11.0. The van der Waals surface area contributed by atoms with Crippen LogP contribution in [-0.2, 0) is 9.59 Å². The fourth-order valence-electron chi connectivity index (χ4n) is 0.831. The summed E-state index contributed by atoms with van der Waals surface area (Å²) in [6.45, 7) is 3.27. The van der Waals surface area contributed by atoms with Crippen LogP contribution in [0.2, 0.25) is 0 Å². The van der Waals surface area contributed by atoms with E-state index in [2.05, 4.69) is 6.58 Å². The molecule has 0 heterocycles. The molecule has 0 aliphatic carbocycles. The minimum absolute atomic E-state index is 0.0925. The quantitative estimate of drug-likeness (QED) is 0.566. The topological polar surface area (TPSA) is 81.4 Å². The SMILES string of the molecule is C=CC(=O)N(C)/C(SC)=C(/C#N)C(=O)O. The number of amides is 1. The molecular formula is C9H10N2O3S. The zero-order valence-corrected chi connectivity index (χ0v) is 9.17. The smallest absolute Gasteiger partial charge is 0.349 e. The number of carboxylic acid groups (broad SMARTS) is 1. The Hall–Kier alpha value is -1.74. The molecule has 0 radical (unpaired) electrons. The number of carbonyl (C=O) groups excluding carboxylic acids is 1. The first-order valence-electron chi connectivity index (χ1n) is 3.81. The van der Waals surface area contributed by atoms with Crippen LogP contribution in [0.5, 0.6) is 0 Å². The van der Waals surface area contributed by atoms with Crippen molar-refractivity contribution in [1.82, 2.24) is 4.90 Å². The summed E-state index contributed by atoms with van der Waals surface area (Å²) < 4.78 is 0. The molecule has 0 spiro atoms. The summed E-state index contributed by atoms with van der Waals surface area (Å²) in [5, 5.41) is 17.4. The highest BCUT2D eigenvalue weighted by Gasteiger charge is 2.19. The average Bonchev–Trinajstić information content (AvgIpc) is 2.22.